The SMILES string of the molecule is CCCCn1nnnc1CSc1nc2ccccc2c(=O)n1-c1ccc(C)c(F)c1. The van der Waals surface area contributed by atoms with Crippen LogP contribution >= 0.6 is 11.8 Å². The van der Waals surface area contributed by atoms with Crippen LogP contribution in [-0.4, -0.2) is 29.8 Å². The number of benzene rings is 2. The summed E-state index contributed by atoms with van der Waals surface area (Å²) in [6.07, 6.45) is 2.02. The van der Waals surface area contributed by atoms with Crippen LogP contribution in [0.4, 0.5) is 4.39 Å². The molecule has 154 valence electrons. The molecule has 7 nitrogen and oxygen atoms in total. The summed E-state index contributed by atoms with van der Waals surface area (Å²) in [5.74, 6) is 0.778. The molecule has 2 heterocycles. The zero-order valence-electron chi connectivity index (χ0n) is 16.7. The standard InChI is InChI=1S/C21H21FN6OS/c1-3-4-11-27-19(24-25-26-27)13-30-21-23-18-8-6-5-7-16(18)20(29)28(21)15-10-9-14(2)17(22)12-15/h5-10,12H,3-4,11,13H2,1-2H3. The maximum Gasteiger partial charge on any atom is 0.266 e. The van der Waals surface area contributed by atoms with E-state index in [1.54, 1.807) is 41.9 Å². The Labute approximate surface area is 176 Å². The fourth-order valence-corrected chi connectivity index (χ4v) is 4.04. The molecule has 0 fully saturated rings. The second-order valence-electron chi connectivity index (χ2n) is 6.95. The maximum absolute atomic E-state index is 14.3. The number of halogens is 1. The van der Waals surface area contributed by atoms with Crippen LogP contribution in [0.5, 0.6) is 0 Å². The number of thioether (sulfide) groups is 1. The van der Waals surface area contributed by atoms with Crippen molar-refractivity contribution in [2.45, 2.75) is 44.1 Å². The molecule has 4 rings (SSSR count). The number of hydrogen-bond acceptors (Lipinski definition) is 6. The Bertz CT molecular complexity index is 1250. The topological polar surface area (TPSA) is 78.5 Å². The Morgan fingerprint density at radius 3 is 2.80 bits per heavy atom. The lowest BCUT2D eigenvalue weighted by Gasteiger charge is -2.13. The van der Waals surface area contributed by atoms with Gasteiger partial charge >= 0.3 is 0 Å². The number of unbranched alkanes of at least 4 members (excludes halogenated alkanes) is 1. The lowest BCUT2D eigenvalue weighted by molar-refractivity contribution is 0.540. The van der Waals surface area contributed by atoms with Crippen molar-refractivity contribution in [3.63, 3.8) is 0 Å². The van der Waals surface area contributed by atoms with Gasteiger partial charge in [-0.05, 0) is 53.6 Å². The first-order valence-electron chi connectivity index (χ1n) is 9.74. The summed E-state index contributed by atoms with van der Waals surface area (Å²) in [6, 6.07) is 11.9. The largest absolute Gasteiger partial charge is 0.268 e. The predicted octanol–water partition coefficient (Wildman–Crippen LogP) is 3.91. The molecule has 2 aromatic carbocycles. The highest BCUT2D eigenvalue weighted by Gasteiger charge is 2.16. The van der Waals surface area contributed by atoms with Crippen molar-refractivity contribution in [2.24, 2.45) is 0 Å². The van der Waals surface area contributed by atoms with Gasteiger partial charge in [0.25, 0.3) is 5.56 Å². The molecule has 2 aromatic heterocycles. The molecular weight excluding hydrogens is 403 g/mol. The van der Waals surface area contributed by atoms with Crippen LogP contribution in [0.1, 0.15) is 31.2 Å². The van der Waals surface area contributed by atoms with E-state index in [2.05, 4.69) is 27.4 Å². The van der Waals surface area contributed by atoms with E-state index in [9.17, 15) is 9.18 Å². The zero-order chi connectivity index (χ0) is 21.1. The van der Waals surface area contributed by atoms with E-state index < -0.39 is 0 Å². The Hall–Kier alpha value is -3.07. The van der Waals surface area contributed by atoms with Gasteiger partial charge in [0, 0.05) is 6.54 Å². The lowest BCUT2D eigenvalue weighted by Crippen LogP contribution is -2.22. The number of hydrogen-bond donors (Lipinski definition) is 0. The van der Waals surface area contributed by atoms with Crippen molar-refractivity contribution in [1.82, 2.24) is 29.8 Å². The fourth-order valence-electron chi connectivity index (χ4n) is 3.10. The van der Waals surface area contributed by atoms with Crippen LogP contribution in [0, 0.1) is 12.7 Å². The third kappa shape index (κ3) is 3.97. The first-order valence-corrected chi connectivity index (χ1v) is 10.7. The minimum absolute atomic E-state index is 0.239. The van der Waals surface area contributed by atoms with Gasteiger partial charge in [-0.25, -0.2) is 14.1 Å². The molecule has 0 aliphatic rings. The monoisotopic (exact) mass is 424 g/mol. The molecule has 30 heavy (non-hydrogen) atoms. The normalized spacial score (nSPS) is 11.3. The average molecular weight is 425 g/mol. The van der Waals surface area contributed by atoms with Crippen LogP contribution in [0.3, 0.4) is 0 Å². The highest BCUT2D eigenvalue weighted by Crippen LogP contribution is 2.24. The minimum Gasteiger partial charge on any atom is -0.268 e. The molecule has 0 atom stereocenters. The number of aryl methyl sites for hydroxylation is 2. The molecule has 0 spiro atoms. The van der Waals surface area contributed by atoms with Gasteiger partial charge < -0.3 is 0 Å². The zero-order valence-corrected chi connectivity index (χ0v) is 17.6. The van der Waals surface area contributed by atoms with Crippen molar-refractivity contribution in [2.75, 3.05) is 0 Å². The minimum atomic E-state index is -0.369. The Kier molecular flexibility index (Phi) is 5.89. The predicted molar refractivity (Wildman–Crippen MR) is 114 cm³/mol. The van der Waals surface area contributed by atoms with Crippen LogP contribution in [0.15, 0.2) is 52.4 Å². The average Bonchev–Trinajstić information content (AvgIpc) is 3.20. The van der Waals surface area contributed by atoms with Crippen molar-refractivity contribution >= 4 is 22.7 Å². The summed E-state index contributed by atoms with van der Waals surface area (Å²) in [5.41, 5.74) is 1.32. The second kappa shape index (κ2) is 8.74. The molecular formula is C21H21FN6OS. The summed E-state index contributed by atoms with van der Waals surface area (Å²) >= 11 is 1.35. The van der Waals surface area contributed by atoms with Crippen molar-refractivity contribution < 1.29 is 4.39 Å². The van der Waals surface area contributed by atoms with Gasteiger partial charge in [0.05, 0.1) is 22.3 Å². The van der Waals surface area contributed by atoms with Crippen LogP contribution in [-0.2, 0) is 12.3 Å². The van der Waals surface area contributed by atoms with Gasteiger partial charge in [0.2, 0.25) is 0 Å². The number of aromatic nitrogens is 6. The fraction of sp³-hybridized carbons (Fsp3) is 0.286. The van der Waals surface area contributed by atoms with E-state index in [0.717, 1.165) is 19.4 Å². The highest BCUT2D eigenvalue weighted by atomic mass is 32.2. The molecule has 0 bridgehead atoms. The van der Waals surface area contributed by atoms with Gasteiger partial charge in [-0.15, -0.1) is 5.10 Å². The van der Waals surface area contributed by atoms with Crippen LogP contribution < -0.4 is 5.56 Å². The smallest absolute Gasteiger partial charge is 0.266 e. The number of tetrazole rings is 1. The molecule has 0 radical (unpaired) electrons. The van der Waals surface area contributed by atoms with Gasteiger partial charge in [-0.1, -0.05) is 43.3 Å². The summed E-state index contributed by atoms with van der Waals surface area (Å²) < 4.78 is 17.5. The summed E-state index contributed by atoms with van der Waals surface area (Å²) in [5, 5.41) is 12.9. The molecule has 0 saturated carbocycles. The molecule has 9 heteroatoms. The third-order valence-corrected chi connectivity index (χ3v) is 5.75. The molecule has 0 unspecified atom stereocenters. The molecule has 0 aliphatic heterocycles. The Morgan fingerprint density at radius 2 is 2.00 bits per heavy atom. The maximum atomic E-state index is 14.3. The Morgan fingerprint density at radius 1 is 1.17 bits per heavy atom. The number of para-hydroxylation sites is 1. The summed E-state index contributed by atoms with van der Waals surface area (Å²) in [7, 11) is 0. The van der Waals surface area contributed by atoms with Gasteiger partial charge in [-0.3, -0.25) is 9.36 Å². The highest BCUT2D eigenvalue weighted by molar-refractivity contribution is 7.98. The first-order chi connectivity index (χ1) is 14.6. The van der Waals surface area contributed by atoms with E-state index in [1.807, 2.05) is 6.07 Å². The van der Waals surface area contributed by atoms with Crippen molar-refractivity contribution in [3.8, 4) is 5.69 Å². The molecule has 0 saturated heterocycles. The van der Waals surface area contributed by atoms with E-state index >= 15 is 0 Å². The van der Waals surface area contributed by atoms with Crippen LogP contribution in [0.2, 0.25) is 0 Å². The van der Waals surface area contributed by atoms with Gasteiger partial charge in [-0.2, -0.15) is 0 Å². The second-order valence-corrected chi connectivity index (χ2v) is 7.89. The first kappa shape index (κ1) is 20.2. The number of rotatable bonds is 7. The Balaban J connectivity index is 1.77. The quantitative estimate of drug-likeness (QED) is 0.331. The van der Waals surface area contributed by atoms with Crippen LogP contribution in [0.25, 0.3) is 16.6 Å². The molecule has 4 aromatic rings. The van der Waals surface area contributed by atoms with Gasteiger partial charge in [0.1, 0.15) is 5.82 Å². The molecule has 0 aliphatic carbocycles. The number of nitrogens with zero attached hydrogens (tertiary/aromatic N) is 6. The third-order valence-electron chi connectivity index (χ3n) is 4.82. The van der Waals surface area contributed by atoms with E-state index in [-0.39, 0.29) is 11.4 Å². The van der Waals surface area contributed by atoms with E-state index in [4.69, 9.17) is 0 Å². The summed E-state index contributed by atoms with van der Waals surface area (Å²) in [4.78, 5) is 17.9. The lowest BCUT2D eigenvalue weighted by atomic mass is 10.2. The summed E-state index contributed by atoms with van der Waals surface area (Å²) in [6.45, 7) is 4.53. The molecule has 0 N–H and O–H groups in total. The van der Waals surface area contributed by atoms with E-state index in [0.29, 0.717) is 38.9 Å². The van der Waals surface area contributed by atoms with Crippen molar-refractivity contribution in [3.05, 3.63) is 70.0 Å². The van der Waals surface area contributed by atoms with Crippen molar-refractivity contribution in [1.29, 1.82) is 0 Å². The number of fused-ring (bicyclic) bond motifs is 1. The van der Waals surface area contributed by atoms with E-state index in [1.165, 1.54) is 22.4 Å². The van der Waals surface area contributed by atoms with Gasteiger partial charge in [0.15, 0.2) is 11.0 Å². The molecule has 0 amide bonds.